The number of rotatable bonds is 5. The van der Waals surface area contributed by atoms with E-state index in [1.54, 1.807) is 0 Å². The molecule has 128 valence electrons. The maximum atomic E-state index is 11.7. The number of amides is 1. The molecular weight excluding hydrogens is 316 g/mol. The van der Waals surface area contributed by atoms with Gasteiger partial charge in [0, 0.05) is 17.8 Å². The SMILES string of the molecule is CCOc1ccc(NC2CC(NC(=O)OC(C)(C)C)C2)cc1Cl. The van der Waals surface area contributed by atoms with Crippen LogP contribution >= 0.6 is 11.6 Å². The number of hydrogen-bond donors (Lipinski definition) is 2. The van der Waals surface area contributed by atoms with Gasteiger partial charge in [-0.2, -0.15) is 0 Å². The first-order chi connectivity index (χ1) is 10.8. The van der Waals surface area contributed by atoms with Crippen LogP contribution < -0.4 is 15.4 Å². The number of ether oxygens (including phenoxy) is 2. The molecule has 23 heavy (non-hydrogen) atoms. The number of carbonyl (C=O) groups is 1. The minimum atomic E-state index is -0.468. The monoisotopic (exact) mass is 340 g/mol. The molecule has 1 aliphatic rings. The minimum Gasteiger partial charge on any atom is -0.492 e. The highest BCUT2D eigenvalue weighted by atomic mass is 35.5. The van der Waals surface area contributed by atoms with Crippen molar-refractivity contribution in [1.29, 1.82) is 0 Å². The van der Waals surface area contributed by atoms with Crippen LogP contribution in [0.1, 0.15) is 40.5 Å². The molecule has 1 amide bonds. The molecule has 0 aromatic heterocycles. The first kappa shape index (κ1) is 17.7. The molecule has 0 radical (unpaired) electrons. The predicted molar refractivity (Wildman–Crippen MR) is 92.4 cm³/mol. The van der Waals surface area contributed by atoms with Gasteiger partial charge in [-0.15, -0.1) is 0 Å². The van der Waals surface area contributed by atoms with Crippen LogP contribution in [-0.2, 0) is 4.74 Å². The van der Waals surface area contributed by atoms with Gasteiger partial charge >= 0.3 is 6.09 Å². The van der Waals surface area contributed by atoms with E-state index < -0.39 is 5.60 Å². The summed E-state index contributed by atoms with van der Waals surface area (Å²) in [5, 5.41) is 6.88. The number of halogens is 1. The third-order valence-electron chi connectivity index (χ3n) is 3.46. The highest BCUT2D eigenvalue weighted by Gasteiger charge is 2.31. The van der Waals surface area contributed by atoms with Crippen LogP contribution in [-0.4, -0.2) is 30.4 Å². The van der Waals surface area contributed by atoms with Crippen molar-refractivity contribution >= 4 is 23.4 Å². The molecule has 0 saturated heterocycles. The zero-order chi connectivity index (χ0) is 17.0. The highest BCUT2D eigenvalue weighted by molar-refractivity contribution is 6.32. The van der Waals surface area contributed by atoms with Crippen LogP contribution in [0.25, 0.3) is 0 Å². The smallest absolute Gasteiger partial charge is 0.407 e. The molecule has 0 unspecified atom stereocenters. The molecule has 0 heterocycles. The Labute approximate surface area is 142 Å². The quantitative estimate of drug-likeness (QED) is 0.843. The summed E-state index contributed by atoms with van der Waals surface area (Å²) in [6.07, 6.45) is 1.37. The number of alkyl carbamates (subject to hydrolysis) is 1. The van der Waals surface area contributed by atoms with Crippen LogP contribution in [0, 0.1) is 0 Å². The highest BCUT2D eigenvalue weighted by Crippen LogP contribution is 2.30. The lowest BCUT2D eigenvalue weighted by molar-refractivity contribution is 0.0475. The van der Waals surface area contributed by atoms with E-state index in [0.717, 1.165) is 18.5 Å². The predicted octanol–water partition coefficient (Wildman–Crippen LogP) is 4.21. The topological polar surface area (TPSA) is 59.6 Å². The Morgan fingerprint density at radius 1 is 1.30 bits per heavy atom. The summed E-state index contributed by atoms with van der Waals surface area (Å²) < 4.78 is 10.7. The summed E-state index contributed by atoms with van der Waals surface area (Å²) in [6, 6.07) is 6.15. The number of nitrogens with one attached hydrogen (secondary N) is 2. The molecule has 0 spiro atoms. The summed E-state index contributed by atoms with van der Waals surface area (Å²) in [5.41, 5.74) is 0.490. The summed E-state index contributed by atoms with van der Waals surface area (Å²) in [5.74, 6) is 0.692. The van der Waals surface area contributed by atoms with Gasteiger partial charge in [0.1, 0.15) is 11.4 Å². The van der Waals surface area contributed by atoms with Crippen LogP contribution in [0.3, 0.4) is 0 Å². The summed E-state index contributed by atoms with van der Waals surface area (Å²) in [7, 11) is 0. The fraction of sp³-hybridized carbons (Fsp3) is 0.588. The number of benzene rings is 1. The molecule has 1 aliphatic carbocycles. The maximum Gasteiger partial charge on any atom is 0.407 e. The van der Waals surface area contributed by atoms with Crippen LogP contribution in [0.5, 0.6) is 5.75 Å². The van der Waals surface area contributed by atoms with E-state index in [-0.39, 0.29) is 12.1 Å². The zero-order valence-electron chi connectivity index (χ0n) is 14.1. The average molecular weight is 341 g/mol. The molecule has 1 aromatic rings. The van der Waals surface area contributed by atoms with Gasteiger partial charge in [-0.3, -0.25) is 0 Å². The van der Waals surface area contributed by atoms with Gasteiger partial charge in [-0.1, -0.05) is 11.6 Å². The molecular formula is C17H25ClN2O3. The molecule has 0 atom stereocenters. The van der Waals surface area contributed by atoms with Gasteiger partial charge in [0.2, 0.25) is 0 Å². The normalized spacial score (nSPS) is 20.4. The summed E-state index contributed by atoms with van der Waals surface area (Å²) in [6.45, 7) is 8.08. The number of carbonyl (C=O) groups excluding carboxylic acids is 1. The molecule has 6 heteroatoms. The number of anilines is 1. The molecule has 1 fully saturated rings. The maximum absolute atomic E-state index is 11.7. The van der Waals surface area contributed by atoms with Gasteiger partial charge in [-0.05, 0) is 58.7 Å². The van der Waals surface area contributed by atoms with Gasteiger partial charge < -0.3 is 20.1 Å². The molecule has 1 saturated carbocycles. The first-order valence-electron chi connectivity index (χ1n) is 7.95. The molecule has 2 N–H and O–H groups in total. The van der Waals surface area contributed by atoms with E-state index in [4.69, 9.17) is 21.1 Å². The van der Waals surface area contributed by atoms with Crippen LogP contribution in [0.15, 0.2) is 18.2 Å². The summed E-state index contributed by atoms with van der Waals surface area (Å²) in [4.78, 5) is 11.7. The Balaban J connectivity index is 1.76. The lowest BCUT2D eigenvalue weighted by Gasteiger charge is -2.37. The Bertz CT molecular complexity index is 551. The summed E-state index contributed by atoms with van der Waals surface area (Å²) >= 11 is 6.17. The molecule has 2 rings (SSSR count). The molecule has 5 nitrogen and oxygen atoms in total. The van der Waals surface area contributed by atoms with E-state index in [1.165, 1.54) is 0 Å². The van der Waals surface area contributed by atoms with E-state index in [1.807, 2.05) is 45.9 Å². The fourth-order valence-electron chi connectivity index (χ4n) is 2.43. The molecule has 0 bridgehead atoms. The Morgan fingerprint density at radius 2 is 2.00 bits per heavy atom. The largest absolute Gasteiger partial charge is 0.492 e. The van der Waals surface area contributed by atoms with Gasteiger partial charge in [0.15, 0.2) is 0 Å². The second-order valence-electron chi connectivity index (χ2n) is 6.73. The third-order valence-corrected chi connectivity index (χ3v) is 3.76. The van der Waals surface area contributed by atoms with Gasteiger partial charge in [-0.25, -0.2) is 4.79 Å². The van der Waals surface area contributed by atoms with Crippen molar-refractivity contribution in [2.24, 2.45) is 0 Å². The minimum absolute atomic E-state index is 0.153. The van der Waals surface area contributed by atoms with Crippen molar-refractivity contribution < 1.29 is 14.3 Å². The van der Waals surface area contributed by atoms with E-state index in [2.05, 4.69) is 10.6 Å². The Kier molecular flexibility index (Phi) is 5.63. The van der Waals surface area contributed by atoms with E-state index >= 15 is 0 Å². The first-order valence-corrected chi connectivity index (χ1v) is 8.33. The second kappa shape index (κ2) is 7.30. The second-order valence-corrected chi connectivity index (χ2v) is 7.14. The van der Waals surface area contributed by atoms with Crippen molar-refractivity contribution in [1.82, 2.24) is 5.32 Å². The van der Waals surface area contributed by atoms with E-state index in [9.17, 15) is 4.79 Å². The zero-order valence-corrected chi connectivity index (χ0v) is 14.9. The lowest BCUT2D eigenvalue weighted by Crippen LogP contribution is -2.50. The van der Waals surface area contributed by atoms with Crippen molar-refractivity contribution in [3.05, 3.63) is 23.2 Å². The van der Waals surface area contributed by atoms with Crippen LogP contribution in [0.2, 0.25) is 5.02 Å². The van der Waals surface area contributed by atoms with Crippen molar-refractivity contribution in [3.63, 3.8) is 0 Å². The molecule has 1 aromatic carbocycles. The van der Waals surface area contributed by atoms with Gasteiger partial charge in [0.25, 0.3) is 0 Å². The van der Waals surface area contributed by atoms with Gasteiger partial charge in [0.05, 0.1) is 11.6 Å². The molecule has 0 aliphatic heterocycles. The Hall–Kier alpha value is -1.62. The lowest BCUT2D eigenvalue weighted by atomic mass is 9.86. The third kappa shape index (κ3) is 5.50. The fourth-order valence-corrected chi connectivity index (χ4v) is 2.66. The van der Waals surface area contributed by atoms with Crippen molar-refractivity contribution in [2.75, 3.05) is 11.9 Å². The van der Waals surface area contributed by atoms with Crippen molar-refractivity contribution in [3.8, 4) is 5.75 Å². The Morgan fingerprint density at radius 3 is 2.57 bits per heavy atom. The average Bonchev–Trinajstić information content (AvgIpc) is 2.37. The van der Waals surface area contributed by atoms with Crippen LogP contribution in [0.4, 0.5) is 10.5 Å². The van der Waals surface area contributed by atoms with Crippen molar-refractivity contribution in [2.45, 2.75) is 58.2 Å². The van der Waals surface area contributed by atoms with E-state index in [0.29, 0.717) is 23.4 Å². The standard InChI is InChI=1S/C17H25ClN2O3/c1-5-22-15-7-6-11(10-14(15)18)19-12-8-13(9-12)20-16(21)23-17(2,3)4/h6-7,10,12-13,19H,5,8-9H2,1-4H3,(H,20,21). The number of hydrogen-bond acceptors (Lipinski definition) is 4.